The molecule has 2 saturated carbocycles. The predicted molar refractivity (Wildman–Crippen MR) is 123 cm³/mol. The van der Waals surface area contributed by atoms with Crippen molar-refractivity contribution in [3.63, 3.8) is 0 Å². The highest BCUT2D eigenvalue weighted by atomic mass is 35.5. The second kappa shape index (κ2) is 8.74. The van der Waals surface area contributed by atoms with Crippen molar-refractivity contribution in [2.75, 3.05) is 18.4 Å². The zero-order valence-electron chi connectivity index (χ0n) is 19.4. The molecule has 3 fully saturated rings. The fourth-order valence-electron chi connectivity index (χ4n) is 5.95. The minimum Gasteiger partial charge on any atom is -0.389 e. The summed E-state index contributed by atoms with van der Waals surface area (Å²) in [6.45, 7) is -0.317. The number of fused-ring (bicyclic) bond motifs is 1. The predicted octanol–water partition coefficient (Wildman–Crippen LogP) is 2.94. The van der Waals surface area contributed by atoms with Gasteiger partial charge in [-0.1, -0.05) is 11.6 Å². The molecular formula is C24H26ClF3N4O4. The average molecular weight is 527 g/mol. The molecule has 36 heavy (non-hydrogen) atoms. The second-order valence-corrected chi connectivity index (χ2v) is 10.6. The molecule has 2 amide bonds. The molecule has 3 N–H and O–H groups in total. The first-order valence-corrected chi connectivity index (χ1v) is 12.1. The first-order chi connectivity index (χ1) is 16.9. The molecule has 2 aliphatic carbocycles. The van der Waals surface area contributed by atoms with Gasteiger partial charge >= 0.3 is 5.92 Å². The number of aryl methyl sites for hydroxylation is 1. The lowest BCUT2D eigenvalue weighted by Crippen LogP contribution is -2.63. The Hall–Kier alpha value is -2.63. The minimum absolute atomic E-state index is 0.130. The second-order valence-electron chi connectivity index (χ2n) is 10.2. The fourth-order valence-corrected chi connectivity index (χ4v) is 6.13. The monoisotopic (exact) mass is 526 g/mol. The van der Waals surface area contributed by atoms with Crippen LogP contribution in [-0.4, -0.2) is 67.2 Å². The van der Waals surface area contributed by atoms with Crippen molar-refractivity contribution < 1.29 is 33.0 Å². The number of anilines is 1. The van der Waals surface area contributed by atoms with Crippen LogP contribution in [0.25, 0.3) is 0 Å². The number of amides is 2. The molecule has 1 aromatic carbocycles. The van der Waals surface area contributed by atoms with E-state index in [2.05, 4.69) is 10.3 Å². The van der Waals surface area contributed by atoms with Gasteiger partial charge < -0.3 is 25.0 Å². The van der Waals surface area contributed by atoms with E-state index in [-0.39, 0.29) is 48.7 Å². The molecule has 2 atom stereocenters. The number of hydrogen-bond donors (Lipinski definition) is 3. The summed E-state index contributed by atoms with van der Waals surface area (Å²) < 4.78 is 45.1. The van der Waals surface area contributed by atoms with E-state index in [9.17, 15) is 24.2 Å². The molecule has 5 rings (SSSR count). The van der Waals surface area contributed by atoms with Gasteiger partial charge in [0.2, 0.25) is 0 Å². The van der Waals surface area contributed by atoms with Crippen molar-refractivity contribution in [1.82, 2.24) is 14.5 Å². The van der Waals surface area contributed by atoms with Crippen molar-refractivity contribution in [3.05, 3.63) is 46.8 Å². The van der Waals surface area contributed by atoms with Gasteiger partial charge in [0.15, 0.2) is 0 Å². The molecule has 12 heteroatoms. The van der Waals surface area contributed by atoms with Gasteiger partial charge in [0.1, 0.15) is 17.1 Å². The van der Waals surface area contributed by atoms with Crippen molar-refractivity contribution in [2.24, 2.45) is 18.9 Å². The molecule has 3 aliphatic rings. The molecule has 2 unspecified atom stereocenters. The molecule has 194 valence electrons. The highest BCUT2D eigenvalue weighted by molar-refractivity contribution is 6.31. The number of hydrogen-bond acceptors (Lipinski definition) is 5. The van der Waals surface area contributed by atoms with Gasteiger partial charge in [0, 0.05) is 31.7 Å². The number of nitrogens with one attached hydrogen (secondary N) is 1. The van der Waals surface area contributed by atoms with E-state index in [1.165, 1.54) is 18.5 Å². The van der Waals surface area contributed by atoms with E-state index < -0.39 is 35.3 Å². The molecule has 8 nitrogen and oxygen atoms in total. The molecule has 1 aromatic heterocycles. The number of β-amino-alcohol motifs (C(OH)–C–C–N with tert-alkyl or cyclic N) is 1. The zero-order valence-corrected chi connectivity index (χ0v) is 20.2. The third-order valence-corrected chi connectivity index (χ3v) is 8.08. The molecule has 2 heterocycles. The maximum Gasteiger partial charge on any atom is 0.352 e. The third-order valence-electron chi connectivity index (χ3n) is 7.79. The smallest absolute Gasteiger partial charge is 0.352 e. The molecule has 0 bridgehead atoms. The van der Waals surface area contributed by atoms with E-state index in [0.29, 0.717) is 29.9 Å². The molecular weight excluding hydrogens is 501 g/mol. The number of nitrogens with zero attached hydrogens (tertiary/aromatic N) is 3. The Morgan fingerprint density at radius 3 is 2.44 bits per heavy atom. The summed E-state index contributed by atoms with van der Waals surface area (Å²) >= 11 is 5.80. The number of carbonyl (C=O) groups is 2. The van der Waals surface area contributed by atoms with Gasteiger partial charge in [-0.15, -0.1) is 0 Å². The van der Waals surface area contributed by atoms with E-state index >= 15 is 8.78 Å². The lowest BCUT2D eigenvalue weighted by Gasteiger charge is -2.41. The van der Waals surface area contributed by atoms with Crippen LogP contribution >= 0.6 is 11.6 Å². The number of aliphatic hydroxyl groups excluding tert-OH is 1. The number of halogens is 4. The van der Waals surface area contributed by atoms with Gasteiger partial charge in [-0.3, -0.25) is 9.59 Å². The zero-order chi connectivity index (χ0) is 26.0. The van der Waals surface area contributed by atoms with Crippen molar-refractivity contribution in [2.45, 2.75) is 49.2 Å². The summed E-state index contributed by atoms with van der Waals surface area (Å²) in [6, 6.07) is 3.83. The van der Waals surface area contributed by atoms with Crippen molar-refractivity contribution >= 4 is 29.1 Å². The molecule has 1 aliphatic heterocycles. The highest BCUT2D eigenvalue weighted by Gasteiger charge is 2.66. The number of aliphatic hydroxyl groups is 2. The van der Waals surface area contributed by atoms with E-state index in [0.717, 1.165) is 11.0 Å². The lowest BCUT2D eigenvalue weighted by molar-refractivity contribution is -0.208. The first-order valence-electron chi connectivity index (χ1n) is 11.7. The Morgan fingerprint density at radius 1 is 1.22 bits per heavy atom. The number of likely N-dealkylation sites (tertiary alicyclic amines) is 1. The highest BCUT2D eigenvalue weighted by Crippen LogP contribution is 2.57. The Labute approximate surface area is 210 Å². The number of alkyl halides is 2. The van der Waals surface area contributed by atoms with E-state index in [1.54, 1.807) is 11.6 Å². The van der Waals surface area contributed by atoms with Gasteiger partial charge in [-0.2, -0.15) is 8.78 Å². The number of aromatic nitrogens is 2. The number of benzene rings is 1. The fraction of sp³-hybridized carbons (Fsp3) is 0.542. The Morgan fingerprint density at radius 2 is 1.86 bits per heavy atom. The molecule has 2 aromatic rings. The number of imidazole rings is 1. The number of rotatable bonds is 5. The Kier molecular flexibility index (Phi) is 6.08. The average Bonchev–Trinajstić information content (AvgIpc) is 3.44. The third kappa shape index (κ3) is 4.06. The summed E-state index contributed by atoms with van der Waals surface area (Å²) in [5, 5.41) is 22.8. The molecule has 1 saturated heterocycles. The summed E-state index contributed by atoms with van der Waals surface area (Å²) in [5.41, 5.74) is -1.31. The van der Waals surface area contributed by atoms with Crippen LogP contribution in [-0.2, 0) is 11.8 Å². The summed E-state index contributed by atoms with van der Waals surface area (Å²) in [5.74, 6) is -7.16. The normalized spacial score (nSPS) is 28.2. The summed E-state index contributed by atoms with van der Waals surface area (Å²) in [6.07, 6.45) is 1.12. The van der Waals surface area contributed by atoms with Crippen LogP contribution in [0.15, 0.2) is 24.5 Å². The van der Waals surface area contributed by atoms with E-state index in [4.69, 9.17) is 11.6 Å². The Bertz CT molecular complexity index is 1200. The Balaban J connectivity index is 1.29. The quantitative estimate of drug-likeness (QED) is 0.555. The van der Waals surface area contributed by atoms with Crippen LogP contribution in [0.4, 0.5) is 18.9 Å². The summed E-state index contributed by atoms with van der Waals surface area (Å²) in [7, 11) is 1.66. The largest absolute Gasteiger partial charge is 0.389 e. The van der Waals surface area contributed by atoms with Crippen LogP contribution in [0.5, 0.6) is 0 Å². The van der Waals surface area contributed by atoms with Gasteiger partial charge in [-0.25, -0.2) is 9.37 Å². The lowest BCUT2D eigenvalue weighted by atomic mass is 9.86. The maximum absolute atomic E-state index is 15.0. The minimum atomic E-state index is -3.94. The van der Waals surface area contributed by atoms with Gasteiger partial charge in [0.25, 0.3) is 11.8 Å². The SMILES string of the molecule is Cn1cnc(C2CC3CC(O)(C(F)(F)C(=O)N4CC(O)C4)CC3C2)c1C(=O)Nc1ccc(F)c(Cl)c1. The summed E-state index contributed by atoms with van der Waals surface area (Å²) in [4.78, 5) is 30.6. The van der Waals surface area contributed by atoms with Crippen molar-refractivity contribution in [1.29, 1.82) is 0 Å². The molecule has 0 spiro atoms. The molecule has 0 radical (unpaired) electrons. The van der Waals surface area contributed by atoms with Crippen LogP contribution in [0, 0.1) is 17.7 Å². The first kappa shape index (κ1) is 25.0. The van der Waals surface area contributed by atoms with Crippen molar-refractivity contribution in [3.8, 4) is 0 Å². The maximum atomic E-state index is 15.0. The van der Waals surface area contributed by atoms with Crippen LogP contribution in [0.3, 0.4) is 0 Å². The van der Waals surface area contributed by atoms with Crippen LogP contribution < -0.4 is 5.32 Å². The standard InChI is InChI=1S/C24H26ClF3N4O4/c1-31-11-29-19(20(31)21(34)30-15-2-3-18(26)17(25)6-15)12-4-13-7-23(36,8-14(13)5-12)24(27,28)22(35)32-9-16(33)10-32/h2-3,6,11-14,16,33,36H,4-5,7-10H2,1H3,(H,30,34). The van der Waals surface area contributed by atoms with Gasteiger partial charge in [-0.05, 0) is 55.7 Å². The topological polar surface area (TPSA) is 108 Å². The van der Waals surface area contributed by atoms with Crippen LogP contribution in [0.2, 0.25) is 5.02 Å². The number of carbonyl (C=O) groups excluding carboxylic acids is 2. The van der Waals surface area contributed by atoms with Crippen LogP contribution in [0.1, 0.15) is 47.8 Å². The van der Waals surface area contributed by atoms with Gasteiger partial charge in [0.05, 0.1) is 23.1 Å². The van der Waals surface area contributed by atoms with E-state index in [1.807, 2.05) is 0 Å².